The van der Waals surface area contributed by atoms with Crippen molar-refractivity contribution in [1.29, 1.82) is 0 Å². The lowest BCUT2D eigenvalue weighted by atomic mass is 10.1. The lowest BCUT2D eigenvalue weighted by Crippen LogP contribution is -2.33. The maximum atomic E-state index is 13.0. The summed E-state index contributed by atoms with van der Waals surface area (Å²) in [5, 5.41) is 21.8. The second kappa shape index (κ2) is 9.42. The minimum absolute atomic E-state index is 0.0541. The molecule has 0 saturated heterocycles. The zero-order chi connectivity index (χ0) is 23.5. The molecule has 3 amide bonds. The van der Waals surface area contributed by atoms with Crippen LogP contribution in [0, 0.1) is 15.9 Å². The summed E-state index contributed by atoms with van der Waals surface area (Å²) in [6.07, 6.45) is -0.211. The van der Waals surface area contributed by atoms with Gasteiger partial charge in [0.2, 0.25) is 11.0 Å². The van der Waals surface area contributed by atoms with Crippen LogP contribution in [-0.2, 0) is 10.5 Å². The molecule has 10 nitrogen and oxygen atoms in total. The third-order valence-corrected chi connectivity index (χ3v) is 6.71. The number of benzene rings is 2. The quantitative estimate of drug-likeness (QED) is 0.168. The van der Waals surface area contributed by atoms with Gasteiger partial charge in [-0.25, -0.2) is 4.39 Å². The Morgan fingerprint density at radius 3 is 2.64 bits per heavy atom. The van der Waals surface area contributed by atoms with Gasteiger partial charge in [-0.2, -0.15) is 0 Å². The molecule has 0 aliphatic carbocycles. The van der Waals surface area contributed by atoms with Crippen LogP contribution in [0.5, 0.6) is 0 Å². The Bertz CT molecular complexity index is 1260. The molecule has 33 heavy (non-hydrogen) atoms. The molecular weight excluding hydrogens is 473 g/mol. The number of imide groups is 1. The molecule has 0 saturated carbocycles. The minimum atomic E-state index is -0.800. The Morgan fingerprint density at radius 1 is 1.15 bits per heavy atom. The summed E-state index contributed by atoms with van der Waals surface area (Å²) in [4.78, 5) is 48.6. The number of amides is 3. The number of nitrogens with one attached hydrogen (secondary N) is 1. The van der Waals surface area contributed by atoms with E-state index in [2.05, 4.69) is 15.5 Å². The van der Waals surface area contributed by atoms with E-state index in [0.717, 1.165) is 27.9 Å². The Morgan fingerprint density at radius 2 is 1.91 bits per heavy atom. The number of halogens is 1. The van der Waals surface area contributed by atoms with E-state index in [1.807, 2.05) is 0 Å². The predicted octanol–water partition coefficient (Wildman–Crippen LogP) is 3.50. The van der Waals surface area contributed by atoms with Crippen LogP contribution in [0.1, 0.15) is 32.7 Å². The predicted molar refractivity (Wildman–Crippen MR) is 118 cm³/mol. The lowest BCUT2D eigenvalue weighted by Gasteiger charge is -2.12. The van der Waals surface area contributed by atoms with Crippen LogP contribution in [0.25, 0.3) is 0 Å². The molecule has 2 aromatic carbocycles. The second-order valence-electron chi connectivity index (χ2n) is 6.81. The molecule has 0 bridgehead atoms. The number of carbonyl (C=O) groups is 3. The number of hydrogen-bond acceptors (Lipinski definition) is 9. The van der Waals surface area contributed by atoms with Gasteiger partial charge in [0.15, 0.2) is 4.34 Å². The van der Waals surface area contributed by atoms with E-state index in [9.17, 15) is 28.9 Å². The molecule has 13 heteroatoms. The van der Waals surface area contributed by atoms with E-state index in [-0.39, 0.29) is 35.0 Å². The van der Waals surface area contributed by atoms with Gasteiger partial charge in [-0.05, 0) is 23.8 Å². The van der Waals surface area contributed by atoms with Crippen LogP contribution < -0.4 is 5.32 Å². The number of nitrogens with zero attached hydrogens (tertiary/aromatic N) is 4. The van der Waals surface area contributed by atoms with Gasteiger partial charge in [0.25, 0.3) is 17.5 Å². The van der Waals surface area contributed by atoms with Crippen molar-refractivity contribution in [3.63, 3.8) is 0 Å². The summed E-state index contributed by atoms with van der Waals surface area (Å²) in [5.74, 6) is -1.74. The fraction of sp³-hybridized carbons (Fsp3) is 0.150. The Balaban J connectivity index is 1.31. The summed E-state index contributed by atoms with van der Waals surface area (Å²) < 4.78 is 13.6. The molecule has 0 radical (unpaired) electrons. The van der Waals surface area contributed by atoms with Crippen LogP contribution in [0.15, 0.2) is 46.8 Å². The number of nitro groups is 1. The summed E-state index contributed by atoms with van der Waals surface area (Å²) in [6.45, 7) is -0.236. The number of thioether (sulfide) groups is 1. The molecule has 168 valence electrons. The standard InChI is InChI=1S/C20H14FN5O5S2/c21-12-6-4-11(5-7-12)10-32-20-24-23-19(33-20)22-15(27)8-9-25-17(28)13-2-1-3-14(26(30)31)16(13)18(25)29/h1-7H,8-10H2,(H,22,23,27). The maximum absolute atomic E-state index is 13.0. The van der Waals surface area contributed by atoms with Crippen LogP contribution in [0.2, 0.25) is 0 Å². The number of rotatable bonds is 8. The summed E-state index contributed by atoms with van der Waals surface area (Å²) in [7, 11) is 0. The molecule has 4 rings (SSSR count). The molecule has 1 aliphatic heterocycles. The lowest BCUT2D eigenvalue weighted by molar-refractivity contribution is -0.385. The van der Waals surface area contributed by atoms with Crippen molar-refractivity contribution in [2.24, 2.45) is 0 Å². The van der Waals surface area contributed by atoms with Crippen LogP contribution >= 0.6 is 23.1 Å². The first-order valence-corrected chi connectivity index (χ1v) is 11.3. The summed E-state index contributed by atoms with van der Waals surface area (Å²) in [5.41, 5.74) is 0.141. The van der Waals surface area contributed by atoms with Gasteiger partial charge in [0.1, 0.15) is 11.4 Å². The van der Waals surface area contributed by atoms with Gasteiger partial charge in [-0.1, -0.05) is 41.3 Å². The molecule has 1 N–H and O–H groups in total. The normalized spacial score (nSPS) is 12.7. The van der Waals surface area contributed by atoms with Gasteiger partial charge in [-0.15, -0.1) is 10.2 Å². The fourth-order valence-electron chi connectivity index (χ4n) is 3.11. The number of fused-ring (bicyclic) bond motifs is 1. The average molecular weight is 487 g/mol. The fourth-order valence-corrected chi connectivity index (χ4v) is 4.83. The number of anilines is 1. The smallest absolute Gasteiger partial charge is 0.282 e. The van der Waals surface area contributed by atoms with E-state index in [1.54, 1.807) is 12.1 Å². The highest BCUT2D eigenvalue weighted by Crippen LogP contribution is 2.31. The zero-order valence-corrected chi connectivity index (χ0v) is 18.3. The van der Waals surface area contributed by atoms with Crippen molar-refractivity contribution in [2.45, 2.75) is 16.5 Å². The highest BCUT2D eigenvalue weighted by atomic mass is 32.2. The Kier molecular flexibility index (Phi) is 6.42. The molecule has 0 unspecified atom stereocenters. The Labute approximate surface area is 194 Å². The Hall–Kier alpha value is -3.71. The van der Waals surface area contributed by atoms with E-state index in [4.69, 9.17) is 0 Å². The van der Waals surface area contributed by atoms with E-state index in [0.29, 0.717) is 10.1 Å². The first-order valence-electron chi connectivity index (χ1n) is 9.47. The van der Waals surface area contributed by atoms with Crippen LogP contribution in [-0.4, -0.2) is 44.3 Å². The van der Waals surface area contributed by atoms with Gasteiger partial charge >= 0.3 is 0 Å². The number of hydrogen-bond donors (Lipinski definition) is 1. The maximum Gasteiger partial charge on any atom is 0.282 e. The van der Waals surface area contributed by atoms with Crippen molar-refractivity contribution in [3.05, 3.63) is 75.1 Å². The largest absolute Gasteiger partial charge is 0.300 e. The zero-order valence-electron chi connectivity index (χ0n) is 16.7. The van der Waals surface area contributed by atoms with Crippen molar-refractivity contribution in [1.82, 2.24) is 15.1 Å². The van der Waals surface area contributed by atoms with Crippen LogP contribution in [0.3, 0.4) is 0 Å². The summed E-state index contributed by atoms with van der Waals surface area (Å²) in [6, 6.07) is 9.90. The monoisotopic (exact) mass is 487 g/mol. The van der Waals surface area contributed by atoms with Crippen LogP contribution in [0.4, 0.5) is 15.2 Å². The van der Waals surface area contributed by atoms with Gasteiger partial charge in [0.05, 0.1) is 10.5 Å². The van der Waals surface area contributed by atoms with Gasteiger partial charge < -0.3 is 5.32 Å². The van der Waals surface area contributed by atoms with Gasteiger partial charge in [0, 0.05) is 24.8 Å². The number of carbonyl (C=O) groups excluding carboxylic acids is 3. The molecule has 0 atom stereocenters. The van der Waals surface area contributed by atoms with Gasteiger partial charge in [-0.3, -0.25) is 29.4 Å². The minimum Gasteiger partial charge on any atom is -0.300 e. The first kappa shape index (κ1) is 22.5. The number of aromatic nitrogens is 2. The van der Waals surface area contributed by atoms with Crippen molar-refractivity contribution < 1.29 is 23.7 Å². The molecule has 1 aliphatic rings. The molecule has 0 spiro atoms. The first-order chi connectivity index (χ1) is 15.8. The van der Waals surface area contributed by atoms with Crippen molar-refractivity contribution in [2.75, 3.05) is 11.9 Å². The molecule has 0 fully saturated rings. The van der Waals surface area contributed by atoms with E-state index < -0.39 is 28.3 Å². The van der Waals surface area contributed by atoms with Crippen molar-refractivity contribution >= 4 is 51.6 Å². The van der Waals surface area contributed by atoms with E-state index in [1.165, 1.54) is 36.0 Å². The number of nitro benzene ring substituents is 1. The average Bonchev–Trinajstić information content (AvgIpc) is 3.34. The second-order valence-corrected chi connectivity index (χ2v) is 9.01. The topological polar surface area (TPSA) is 135 Å². The molecular formula is C20H14FN5O5S2. The SMILES string of the molecule is O=C(CCN1C(=O)c2cccc([N+](=O)[O-])c2C1=O)Nc1nnc(SCc2ccc(F)cc2)s1. The molecule has 2 heterocycles. The van der Waals surface area contributed by atoms with Crippen molar-refractivity contribution in [3.8, 4) is 0 Å². The molecule has 1 aromatic heterocycles. The van der Waals surface area contributed by atoms with E-state index >= 15 is 0 Å². The summed E-state index contributed by atoms with van der Waals surface area (Å²) >= 11 is 2.53. The third-order valence-electron chi connectivity index (χ3n) is 4.66. The molecule has 3 aromatic rings. The highest BCUT2D eigenvalue weighted by molar-refractivity contribution is 8.00. The highest BCUT2D eigenvalue weighted by Gasteiger charge is 2.40. The third kappa shape index (κ3) is 4.88.